The molecule has 0 saturated carbocycles. The van der Waals surface area contributed by atoms with E-state index < -0.39 is 10.0 Å². The molecule has 24 heavy (non-hydrogen) atoms. The van der Waals surface area contributed by atoms with Crippen LogP contribution in [0.1, 0.15) is 45.1 Å². The summed E-state index contributed by atoms with van der Waals surface area (Å²) in [6.45, 7) is 6.74. The first-order valence-corrected chi connectivity index (χ1v) is 10.2. The van der Waals surface area contributed by atoms with E-state index in [1.807, 2.05) is 13.8 Å². The Hall–Kier alpha value is -1.40. The van der Waals surface area contributed by atoms with Gasteiger partial charge in [0.25, 0.3) is 0 Å². The number of nitrogens with zero attached hydrogens (tertiary/aromatic N) is 1. The first kappa shape index (κ1) is 18.9. The first-order valence-electron chi connectivity index (χ1n) is 8.71. The fraction of sp³-hybridized carbons (Fsp3) is 0.611. The standard InChI is InChI=1S/C18H28N2O3S/c1-4-6-15(3)19-18(21)16-7-5-12-20(13-16)24(22,23)17-10-8-14(2)9-11-17/h8-11,15-16H,4-7,12-13H2,1-3H3,(H,19,21)/t15-,16+/m0/s1. The zero-order valence-corrected chi connectivity index (χ0v) is 15.6. The Labute approximate surface area is 145 Å². The molecule has 2 rings (SSSR count). The highest BCUT2D eigenvalue weighted by atomic mass is 32.2. The third kappa shape index (κ3) is 4.57. The molecular formula is C18H28N2O3S. The molecule has 0 spiro atoms. The second-order valence-corrected chi connectivity index (χ2v) is 8.65. The molecule has 1 N–H and O–H groups in total. The van der Waals surface area contributed by atoms with Gasteiger partial charge in [-0.3, -0.25) is 4.79 Å². The van der Waals surface area contributed by atoms with Crippen LogP contribution in [0.2, 0.25) is 0 Å². The Balaban J connectivity index is 2.07. The molecule has 6 heteroatoms. The lowest BCUT2D eigenvalue weighted by Crippen LogP contribution is -2.47. The topological polar surface area (TPSA) is 66.5 Å². The van der Waals surface area contributed by atoms with Gasteiger partial charge in [0.1, 0.15) is 0 Å². The average molecular weight is 353 g/mol. The van der Waals surface area contributed by atoms with Crippen LogP contribution in [-0.4, -0.2) is 37.8 Å². The largest absolute Gasteiger partial charge is 0.353 e. The van der Waals surface area contributed by atoms with Gasteiger partial charge in [0.2, 0.25) is 15.9 Å². The smallest absolute Gasteiger partial charge is 0.243 e. The summed E-state index contributed by atoms with van der Waals surface area (Å²) in [7, 11) is -3.53. The molecule has 0 bridgehead atoms. The van der Waals surface area contributed by atoms with Crippen molar-refractivity contribution in [2.75, 3.05) is 13.1 Å². The zero-order valence-electron chi connectivity index (χ0n) is 14.8. The minimum atomic E-state index is -3.53. The van der Waals surface area contributed by atoms with Gasteiger partial charge in [0.05, 0.1) is 10.8 Å². The highest BCUT2D eigenvalue weighted by molar-refractivity contribution is 7.89. The second kappa shape index (κ2) is 8.12. The van der Waals surface area contributed by atoms with Gasteiger partial charge in [-0.1, -0.05) is 31.0 Å². The van der Waals surface area contributed by atoms with E-state index >= 15 is 0 Å². The summed E-state index contributed by atoms with van der Waals surface area (Å²) < 4.78 is 27.0. The normalized spacial score (nSPS) is 20.5. The van der Waals surface area contributed by atoms with Crippen LogP contribution in [-0.2, 0) is 14.8 Å². The quantitative estimate of drug-likeness (QED) is 0.856. The molecule has 1 amide bonds. The monoisotopic (exact) mass is 352 g/mol. The highest BCUT2D eigenvalue weighted by Gasteiger charge is 2.33. The molecule has 0 radical (unpaired) electrons. The maximum atomic E-state index is 12.8. The SMILES string of the molecule is CCC[C@H](C)NC(=O)[C@@H]1CCCN(S(=O)(=O)c2ccc(C)cc2)C1. The van der Waals surface area contributed by atoms with Gasteiger partial charge < -0.3 is 5.32 Å². The molecule has 0 aliphatic carbocycles. The van der Waals surface area contributed by atoms with E-state index in [1.54, 1.807) is 24.3 Å². The minimum absolute atomic E-state index is 0.0280. The lowest BCUT2D eigenvalue weighted by atomic mass is 9.98. The summed E-state index contributed by atoms with van der Waals surface area (Å²) in [5.41, 5.74) is 1.02. The molecule has 1 aliphatic heterocycles. The molecule has 1 aromatic carbocycles. The van der Waals surface area contributed by atoms with Gasteiger partial charge in [-0.05, 0) is 45.2 Å². The van der Waals surface area contributed by atoms with Crippen LogP contribution < -0.4 is 5.32 Å². The summed E-state index contributed by atoms with van der Waals surface area (Å²) in [4.78, 5) is 12.7. The van der Waals surface area contributed by atoms with Crippen molar-refractivity contribution in [3.8, 4) is 0 Å². The number of piperidine rings is 1. The van der Waals surface area contributed by atoms with Crippen molar-refractivity contribution in [3.63, 3.8) is 0 Å². The molecule has 1 heterocycles. The Morgan fingerprint density at radius 3 is 2.62 bits per heavy atom. The second-order valence-electron chi connectivity index (χ2n) is 6.71. The predicted octanol–water partition coefficient (Wildman–Crippen LogP) is 2.70. The van der Waals surface area contributed by atoms with Crippen LogP contribution in [0.15, 0.2) is 29.2 Å². The number of amides is 1. The van der Waals surface area contributed by atoms with E-state index in [2.05, 4.69) is 12.2 Å². The molecule has 0 aromatic heterocycles. The third-order valence-corrected chi connectivity index (χ3v) is 6.40. The van der Waals surface area contributed by atoms with Crippen LogP contribution in [0, 0.1) is 12.8 Å². The van der Waals surface area contributed by atoms with Gasteiger partial charge in [-0.15, -0.1) is 0 Å². The van der Waals surface area contributed by atoms with Crippen molar-refractivity contribution in [3.05, 3.63) is 29.8 Å². The number of rotatable bonds is 6. The maximum Gasteiger partial charge on any atom is 0.243 e. The number of hydrogen-bond acceptors (Lipinski definition) is 3. The molecule has 0 unspecified atom stereocenters. The number of nitrogens with one attached hydrogen (secondary N) is 1. The Kier molecular flexibility index (Phi) is 6.40. The van der Waals surface area contributed by atoms with E-state index in [4.69, 9.17) is 0 Å². The van der Waals surface area contributed by atoms with Crippen LogP contribution >= 0.6 is 0 Å². The molecular weight excluding hydrogens is 324 g/mol. The summed E-state index contributed by atoms with van der Waals surface area (Å²) in [5.74, 6) is -0.293. The number of hydrogen-bond donors (Lipinski definition) is 1. The van der Waals surface area contributed by atoms with Crippen molar-refractivity contribution in [1.29, 1.82) is 0 Å². The molecule has 5 nitrogen and oxygen atoms in total. The lowest BCUT2D eigenvalue weighted by Gasteiger charge is -2.31. The summed E-state index contributed by atoms with van der Waals surface area (Å²) in [6, 6.07) is 7.00. The summed E-state index contributed by atoms with van der Waals surface area (Å²) >= 11 is 0. The van der Waals surface area contributed by atoms with Crippen LogP contribution in [0.4, 0.5) is 0 Å². The molecule has 1 aromatic rings. The van der Waals surface area contributed by atoms with Crippen LogP contribution in [0.25, 0.3) is 0 Å². The van der Waals surface area contributed by atoms with E-state index in [9.17, 15) is 13.2 Å². The molecule has 1 saturated heterocycles. The minimum Gasteiger partial charge on any atom is -0.353 e. The Bertz CT molecular complexity index is 655. The Morgan fingerprint density at radius 1 is 1.33 bits per heavy atom. The van der Waals surface area contributed by atoms with Gasteiger partial charge in [-0.25, -0.2) is 8.42 Å². The fourth-order valence-corrected chi connectivity index (χ4v) is 4.62. The number of aryl methyl sites for hydroxylation is 1. The number of benzene rings is 1. The average Bonchev–Trinajstić information content (AvgIpc) is 2.55. The van der Waals surface area contributed by atoms with Crippen LogP contribution in [0.3, 0.4) is 0 Å². The third-order valence-electron chi connectivity index (χ3n) is 4.52. The Morgan fingerprint density at radius 2 is 2.00 bits per heavy atom. The number of carbonyl (C=O) groups excluding carboxylic acids is 1. The molecule has 134 valence electrons. The van der Waals surface area contributed by atoms with Gasteiger partial charge in [0.15, 0.2) is 0 Å². The van der Waals surface area contributed by atoms with E-state index in [-0.39, 0.29) is 24.4 Å². The molecule has 2 atom stereocenters. The fourth-order valence-electron chi connectivity index (χ4n) is 3.10. The lowest BCUT2D eigenvalue weighted by molar-refractivity contribution is -0.126. The first-order chi connectivity index (χ1) is 11.3. The molecule has 1 aliphatic rings. The van der Waals surface area contributed by atoms with Crippen LogP contribution in [0.5, 0.6) is 0 Å². The van der Waals surface area contributed by atoms with E-state index in [0.717, 1.165) is 24.8 Å². The summed E-state index contributed by atoms with van der Waals surface area (Å²) in [5, 5.41) is 3.01. The zero-order chi connectivity index (χ0) is 17.7. The van der Waals surface area contributed by atoms with Crippen molar-refractivity contribution in [2.24, 2.45) is 5.92 Å². The summed E-state index contributed by atoms with van der Waals surface area (Å²) in [6.07, 6.45) is 3.40. The number of sulfonamides is 1. The van der Waals surface area contributed by atoms with Gasteiger partial charge in [-0.2, -0.15) is 4.31 Å². The number of carbonyl (C=O) groups is 1. The van der Waals surface area contributed by atoms with Crippen molar-refractivity contribution < 1.29 is 13.2 Å². The van der Waals surface area contributed by atoms with Gasteiger partial charge in [0, 0.05) is 19.1 Å². The van der Waals surface area contributed by atoms with Crippen molar-refractivity contribution in [1.82, 2.24) is 9.62 Å². The molecule has 1 fully saturated rings. The van der Waals surface area contributed by atoms with Crippen molar-refractivity contribution >= 4 is 15.9 Å². The van der Waals surface area contributed by atoms with Gasteiger partial charge >= 0.3 is 0 Å². The van der Waals surface area contributed by atoms with Crippen molar-refractivity contribution in [2.45, 2.75) is 57.4 Å². The van der Waals surface area contributed by atoms with E-state index in [0.29, 0.717) is 17.9 Å². The predicted molar refractivity (Wildman–Crippen MR) is 95.2 cm³/mol. The maximum absolute atomic E-state index is 12.8. The highest BCUT2D eigenvalue weighted by Crippen LogP contribution is 2.24. The van der Waals surface area contributed by atoms with E-state index in [1.165, 1.54) is 4.31 Å².